The van der Waals surface area contributed by atoms with E-state index < -0.39 is 6.10 Å². The normalized spacial score (nSPS) is 14.0. The van der Waals surface area contributed by atoms with E-state index in [4.69, 9.17) is 28.9 Å². The second-order valence-corrected chi connectivity index (χ2v) is 6.30. The third-order valence-electron chi connectivity index (χ3n) is 3.29. The lowest BCUT2D eigenvalue weighted by atomic mass is 9.89. The molecule has 6 heteroatoms. The standard InChI is InChI=1S/C15H13BrCl2FNO/c16-11-5-9(2-4-14(11)19)15(21)10(7-20)8-1-3-12(17)13(18)6-8/h1-6,10,15,21H,7,20H2. The van der Waals surface area contributed by atoms with E-state index in [1.165, 1.54) is 12.1 Å². The topological polar surface area (TPSA) is 46.2 Å². The van der Waals surface area contributed by atoms with Gasteiger partial charge in [-0.05, 0) is 51.3 Å². The number of nitrogens with two attached hydrogens (primary N) is 1. The zero-order valence-corrected chi connectivity index (χ0v) is 14.0. The van der Waals surface area contributed by atoms with Gasteiger partial charge < -0.3 is 10.8 Å². The van der Waals surface area contributed by atoms with Gasteiger partial charge in [0.2, 0.25) is 0 Å². The molecule has 2 atom stereocenters. The summed E-state index contributed by atoms with van der Waals surface area (Å²) >= 11 is 15.0. The first-order valence-corrected chi connectivity index (χ1v) is 7.77. The van der Waals surface area contributed by atoms with Crippen molar-refractivity contribution in [3.05, 3.63) is 67.9 Å². The lowest BCUT2D eigenvalue weighted by Crippen LogP contribution is -2.20. The molecule has 0 fully saturated rings. The van der Waals surface area contributed by atoms with E-state index in [0.29, 0.717) is 20.1 Å². The van der Waals surface area contributed by atoms with Crippen LogP contribution in [-0.2, 0) is 0 Å². The summed E-state index contributed by atoms with van der Waals surface area (Å²) in [5, 5.41) is 11.4. The van der Waals surface area contributed by atoms with Crippen LogP contribution in [0, 0.1) is 5.82 Å². The summed E-state index contributed by atoms with van der Waals surface area (Å²) in [5.74, 6) is -0.748. The highest BCUT2D eigenvalue weighted by molar-refractivity contribution is 9.10. The van der Waals surface area contributed by atoms with E-state index in [2.05, 4.69) is 15.9 Å². The van der Waals surface area contributed by atoms with E-state index in [9.17, 15) is 9.50 Å². The fourth-order valence-corrected chi connectivity index (χ4v) is 2.82. The van der Waals surface area contributed by atoms with E-state index in [1.54, 1.807) is 24.3 Å². The molecule has 2 unspecified atom stereocenters. The minimum Gasteiger partial charge on any atom is -0.388 e. The number of benzene rings is 2. The Morgan fingerprint density at radius 3 is 2.33 bits per heavy atom. The van der Waals surface area contributed by atoms with Crippen molar-refractivity contribution in [2.75, 3.05) is 6.54 Å². The van der Waals surface area contributed by atoms with Crippen LogP contribution in [0.3, 0.4) is 0 Å². The van der Waals surface area contributed by atoms with Gasteiger partial charge in [0.25, 0.3) is 0 Å². The van der Waals surface area contributed by atoms with E-state index in [-0.39, 0.29) is 18.3 Å². The van der Waals surface area contributed by atoms with Crippen molar-refractivity contribution in [3.8, 4) is 0 Å². The third-order valence-corrected chi connectivity index (χ3v) is 4.64. The molecule has 0 aliphatic heterocycles. The molecule has 2 rings (SSSR count). The molecule has 0 aliphatic carbocycles. The quantitative estimate of drug-likeness (QED) is 0.793. The van der Waals surface area contributed by atoms with Crippen LogP contribution in [-0.4, -0.2) is 11.7 Å². The van der Waals surface area contributed by atoms with Gasteiger partial charge in [-0.3, -0.25) is 0 Å². The Morgan fingerprint density at radius 2 is 1.76 bits per heavy atom. The summed E-state index contributed by atoms with van der Waals surface area (Å²) in [5.41, 5.74) is 7.13. The van der Waals surface area contributed by atoms with Gasteiger partial charge in [0.1, 0.15) is 5.82 Å². The van der Waals surface area contributed by atoms with Gasteiger partial charge in [-0.15, -0.1) is 0 Å². The van der Waals surface area contributed by atoms with Gasteiger partial charge in [-0.2, -0.15) is 0 Å². The highest BCUT2D eigenvalue weighted by Gasteiger charge is 2.23. The zero-order valence-electron chi connectivity index (χ0n) is 10.9. The zero-order chi connectivity index (χ0) is 15.6. The van der Waals surface area contributed by atoms with Crippen molar-refractivity contribution in [3.63, 3.8) is 0 Å². The maximum Gasteiger partial charge on any atom is 0.137 e. The first kappa shape index (κ1) is 16.7. The molecular weight excluding hydrogens is 380 g/mol. The van der Waals surface area contributed by atoms with Crippen LogP contribution < -0.4 is 5.73 Å². The van der Waals surface area contributed by atoms with Gasteiger partial charge in [0.05, 0.1) is 20.6 Å². The second-order valence-electron chi connectivity index (χ2n) is 4.63. The van der Waals surface area contributed by atoms with E-state index in [1.807, 2.05) is 0 Å². The number of hydrogen-bond acceptors (Lipinski definition) is 2. The Morgan fingerprint density at radius 1 is 1.10 bits per heavy atom. The molecule has 2 aromatic rings. The van der Waals surface area contributed by atoms with Crippen molar-refractivity contribution < 1.29 is 9.50 Å². The molecule has 0 radical (unpaired) electrons. The Kier molecular flexibility index (Phi) is 5.63. The summed E-state index contributed by atoms with van der Waals surface area (Å²) in [6, 6.07) is 9.49. The van der Waals surface area contributed by atoms with Crippen molar-refractivity contribution in [2.45, 2.75) is 12.0 Å². The molecule has 0 aromatic heterocycles. The average molecular weight is 393 g/mol. The number of aliphatic hydroxyl groups is 1. The van der Waals surface area contributed by atoms with Crippen LogP contribution >= 0.6 is 39.1 Å². The molecule has 0 bridgehead atoms. The minimum atomic E-state index is -0.871. The molecular formula is C15H13BrCl2FNO. The number of halogens is 4. The van der Waals surface area contributed by atoms with Crippen molar-refractivity contribution >= 4 is 39.1 Å². The first-order chi connectivity index (χ1) is 9.93. The molecule has 2 aromatic carbocycles. The van der Waals surface area contributed by atoms with E-state index >= 15 is 0 Å². The molecule has 112 valence electrons. The predicted molar refractivity (Wildman–Crippen MR) is 87.3 cm³/mol. The molecule has 0 saturated heterocycles. The third kappa shape index (κ3) is 3.76. The second kappa shape index (κ2) is 7.07. The number of rotatable bonds is 4. The van der Waals surface area contributed by atoms with Gasteiger partial charge in [0, 0.05) is 12.5 Å². The summed E-state index contributed by atoms with van der Waals surface area (Å²) in [7, 11) is 0. The SMILES string of the molecule is NCC(c1ccc(Cl)c(Cl)c1)C(O)c1ccc(F)c(Br)c1. The van der Waals surface area contributed by atoms with Gasteiger partial charge >= 0.3 is 0 Å². The van der Waals surface area contributed by atoms with Crippen LogP contribution in [0.4, 0.5) is 4.39 Å². The average Bonchev–Trinajstić information content (AvgIpc) is 2.46. The van der Waals surface area contributed by atoms with Gasteiger partial charge in [0.15, 0.2) is 0 Å². The van der Waals surface area contributed by atoms with Crippen LogP contribution in [0.15, 0.2) is 40.9 Å². The molecule has 2 nitrogen and oxygen atoms in total. The smallest absolute Gasteiger partial charge is 0.137 e. The minimum absolute atomic E-state index is 0.216. The largest absolute Gasteiger partial charge is 0.388 e. The first-order valence-electron chi connectivity index (χ1n) is 6.22. The fraction of sp³-hybridized carbons (Fsp3) is 0.200. The molecule has 3 N–H and O–H groups in total. The maximum absolute atomic E-state index is 13.3. The van der Waals surface area contributed by atoms with Gasteiger partial charge in [-0.1, -0.05) is 35.3 Å². The Labute approximate surface area is 140 Å². The molecule has 0 amide bonds. The highest BCUT2D eigenvalue weighted by Crippen LogP contribution is 2.34. The number of hydrogen-bond donors (Lipinski definition) is 2. The van der Waals surface area contributed by atoms with Crippen LogP contribution in [0.1, 0.15) is 23.1 Å². The van der Waals surface area contributed by atoms with Crippen molar-refractivity contribution in [1.82, 2.24) is 0 Å². The van der Waals surface area contributed by atoms with Crippen LogP contribution in [0.2, 0.25) is 10.0 Å². The van der Waals surface area contributed by atoms with Gasteiger partial charge in [-0.25, -0.2) is 4.39 Å². The monoisotopic (exact) mass is 391 g/mol. The van der Waals surface area contributed by atoms with Crippen molar-refractivity contribution in [1.29, 1.82) is 0 Å². The maximum atomic E-state index is 13.3. The van der Waals surface area contributed by atoms with Crippen LogP contribution in [0.25, 0.3) is 0 Å². The van der Waals surface area contributed by atoms with Crippen molar-refractivity contribution in [2.24, 2.45) is 5.73 Å². The fourth-order valence-electron chi connectivity index (χ4n) is 2.12. The lowest BCUT2D eigenvalue weighted by molar-refractivity contribution is 0.147. The summed E-state index contributed by atoms with van der Waals surface area (Å²) in [6.45, 7) is 0.216. The predicted octanol–water partition coefficient (Wildman–Crippen LogP) is 4.67. The Hall–Kier alpha value is -0.650. The molecule has 0 aliphatic rings. The van der Waals surface area contributed by atoms with E-state index in [0.717, 1.165) is 5.56 Å². The molecule has 21 heavy (non-hydrogen) atoms. The lowest BCUT2D eigenvalue weighted by Gasteiger charge is -2.23. The molecule has 0 saturated carbocycles. The summed E-state index contributed by atoms with van der Waals surface area (Å²) in [6.07, 6.45) is -0.871. The highest BCUT2D eigenvalue weighted by atomic mass is 79.9. The van der Waals surface area contributed by atoms with Crippen LogP contribution in [0.5, 0.6) is 0 Å². The Balaban J connectivity index is 2.35. The summed E-state index contributed by atoms with van der Waals surface area (Å²) < 4.78 is 13.6. The Bertz CT molecular complexity index is 654. The summed E-state index contributed by atoms with van der Waals surface area (Å²) in [4.78, 5) is 0. The molecule has 0 spiro atoms. The molecule has 0 heterocycles. The number of aliphatic hydroxyl groups excluding tert-OH is 1.